The smallest absolute Gasteiger partial charge is 0.346 e. The van der Waals surface area contributed by atoms with Gasteiger partial charge in [-0.1, -0.05) is 0 Å². The number of halogens is 3. The summed E-state index contributed by atoms with van der Waals surface area (Å²) in [5.74, 6) is 0.0846. The highest BCUT2D eigenvalue weighted by Crippen LogP contribution is 2.33. The van der Waals surface area contributed by atoms with Crippen molar-refractivity contribution in [3.63, 3.8) is 0 Å². The van der Waals surface area contributed by atoms with Crippen LogP contribution in [0.15, 0.2) is 18.6 Å². The lowest BCUT2D eigenvalue weighted by molar-refractivity contribution is -0.143. The van der Waals surface area contributed by atoms with Crippen LogP contribution in [-0.2, 0) is 4.79 Å². The standard InChI is InChI=1S/C15H19F3N6O/c1-14(13(25)20-7-15(16,17)18)4-6-24(8-14)23(2)12-10-3-5-19-11(10)21-9-22-12/h3,5,9H,4,6-8H2,1-2H3,(H,20,25)(H,19,21,22). The summed E-state index contributed by atoms with van der Waals surface area (Å²) in [6.45, 7) is 1.22. The minimum atomic E-state index is -4.41. The average molecular weight is 356 g/mol. The van der Waals surface area contributed by atoms with E-state index in [1.54, 1.807) is 13.1 Å². The van der Waals surface area contributed by atoms with Crippen LogP contribution in [0.3, 0.4) is 0 Å². The number of anilines is 1. The number of nitrogens with zero attached hydrogens (tertiary/aromatic N) is 4. The van der Waals surface area contributed by atoms with Gasteiger partial charge in [0.1, 0.15) is 18.5 Å². The number of hydrogen-bond donors (Lipinski definition) is 2. The number of amides is 1. The van der Waals surface area contributed by atoms with Gasteiger partial charge in [0.25, 0.3) is 0 Å². The van der Waals surface area contributed by atoms with E-state index in [1.807, 2.05) is 28.4 Å². The van der Waals surface area contributed by atoms with Crippen molar-refractivity contribution in [2.75, 3.05) is 31.7 Å². The fraction of sp³-hybridized carbons (Fsp3) is 0.533. The van der Waals surface area contributed by atoms with Crippen LogP contribution in [0.25, 0.3) is 11.0 Å². The van der Waals surface area contributed by atoms with Gasteiger partial charge in [0, 0.05) is 26.3 Å². The molecule has 0 spiro atoms. The Balaban J connectivity index is 1.71. The van der Waals surface area contributed by atoms with E-state index in [1.165, 1.54) is 6.33 Å². The fourth-order valence-electron chi connectivity index (χ4n) is 3.02. The molecule has 7 nitrogen and oxygen atoms in total. The Hall–Kier alpha value is -2.36. The molecule has 2 aromatic heterocycles. The largest absolute Gasteiger partial charge is 0.405 e. The first-order chi connectivity index (χ1) is 11.7. The number of nitrogens with one attached hydrogen (secondary N) is 2. The first kappa shape index (κ1) is 17.5. The molecule has 0 bridgehead atoms. The Labute approximate surface area is 142 Å². The van der Waals surface area contributed by atoms with Crippen LogP contribution in [0, 0.1) is 5.41 Å². The molecular weight excluding hydrogens is 337 g/mol. The van der Waals surface area contributed by atoms with Gasteiger partial charge in [-0.15, -0.1) is 0 Å². The van der Waals surface area contributed by atoms with E-state index in [0.29, 0.717) is 31.0 Å². The maximum absolute atomic E-state index is 12.3. The van der Waals surface area contributed by atoms with E-state index < -0.39 is 24.0 Å². The first-order valence-corrected chi connectivity index (χ1v) is 7.81. The van der Waals surface area contributed by atoms with Gasteiger partial charge < -0.3 is 10.3 Å². The van der Waals surface area contributed by atoms with Crippen molar-refractivity contribution >= 4 is 22.8 Å². The normalized spacial score (nSPS) is 21.6. The van der Waals surface area contributed by atoms with E-state index in [-0.39, 0.29) is 0 Å². The van der Waals surface area contributed by atoms with Gasteiger partial charge in [-0.2, -0.15) is 13.2 Å². The van der Waals surface area contributed by atoms with Crippen LogP contribution < -0.4 is 10.3 Å². The molecule has 0 radical (unpaired) electrons. The summed E-state index contributed by atoms with van der Waals surface area (Å²) in [5.41, 5.74) is -0.189. The number of fused-ring (bicyclic) bond motifs is 1. The highest BCUT2D eigenvalue weighted by atomic mass is 19.4. The van der Waals surface area contributed by atoms with Crippen LogP contribution in [-0.4, -0.2) is 58.7 Å². The molecule has 136 valence electrons. The van der Waals surface area contributed by atoms with Gasteiger partial charge in [0.2, 0.25) is 5.91 Å². The molecule has 1 atom stereocenters. The third kappa shape index (κ3) is 3.53. The van der Waals surface area contributed by atoms with E-state index in [4.69, 9.17) is 0 Å². The summed E-state index contributed by atoms with van der Waals surface area (Å²) in [6, 6.07) is 1.85. The summed E-state index contributed by atoms with van der Waals surface area (Å²) in [4.78, 5) is 23.6. The maximum atomic E-state index is 12.3. The quantitative estimate of drug-likeness (QED) is 0.872. The van der Waals surface area contributed by atoms with Crippen LogP contribution in [0.2, 0.25) is 0 Å². The van der Waals surface area contributed by atoms with Crippen molar-refractivity contribution in [3.05, 3.63) is 18.6 Å². The fourth-order valence-corrected chi connectivity index (χ4v) is 3.02. The van der Waals surface area contributed by atoms with Gasteiger partial charge in [-0.25, -0.2) is 15.0 Å². The summed E-state index contributed by atoms with van der Waals surface area (Å²) in [7, 11) is 1.81. The lowest BCUT2D eigenvalue weighted by atomic mass is 9.89. The third-order valence-electron chi connectivity index (χ3n) is 4.51. The van der Waals surface area contributed by atoms with Crippen LogP contribution in [0.1, 0.15) is 13.3 Å². The number of hydrogen-bond acceptors (Lipinski definition) is 5. The molecule has 3 rings (SSSR count). The molecular formula is C15H19F3N6O. The van der Waals surface area contributed by atoms with Crippen molar-refractivity contribution in [2.45, 2.75) is 19.5 Å². The minimum Gasteiger partial charge on any atom is -0.346 e. The van der Waals surface area contributed by atoms with Crippen molar-refractivity contribution in [1.29, 1.82) is 0 Å². The van der Waals surface area contributed by atoms with Crippen LogP contribution >= 0.6 is 0 Å². The van der Waals surface area contributed by atoms with E-state index in [9.17, 15) is 18.0 Å². The van der Waals surface area contributed by atoms with Crippen LogP contribution in [0.4, 0.5) is 19.0 Å². The van der Waals surface area contributed by atoms with Gasteiger partial charge in [0.15, 0.2) is 5.82 Å². The molecule has 0 aromatic carbocycles. The second-order valence-electron chi connectivity index (χ2n) is 6.46. The molecule has 1 aliphatic heterocycles. The molecule has 3 heterocycles. The van der Waals surface area contributed by atoms with Gasteiger partial charge in [0.05, 0.1) is 10.8 Å². The lowest BCUT2D eigenvalue weighted by Gasteiger charge is -2.31. The molecule has 2 aromatic rings. The lowest BCUT2D eigenvalue weighted by Crippen LogP contribution is -2.46. The highest BCUT2D eigenvalue weighted by Gasteiger charge is 2.43. The molecule has 0 saturated carbocycles. The molecule has 1 unspecified atom stereocenters. The number of rotatable bonds is 4. The monoisotopic (exact) mass is 356 g/mol. The zero-order valence-corrected chi connectivity index (χ0v) is 13.9. The molecule has 1 amide bonds. The van der Waals surface area contributed by atoms with E-state index >= 15 is 0 Å². The molecule has 25 heavy (non-hydrogen) atoms. The molecule has 2 N–H and O–H groups in total. The number of carbonyl (C=O) groups is 1. The van der Waals surface area contributed by atoms with Crippen molar-refractivity contribution < 1.29 is 18.0 Å². The average Bonchev–Trinajstić information content (AvgIpc) is 3.18. The van der Waals surface area contributed by atoms with Crippen molar-refractivity contribution in [1.82, 2.24) is 25.3 Å². The summed E-state index contributed by atoms with van der Waals surface area (Å²) in [6.07, 6.45) is -0.754. The molecule has 1 saturated heterocycles. The predicted molar refractivity (Wildman–Crippen MR) is 85.7 cm³/mol. The summed E-state index contributed by atoms with van der Waals surface area (Å²) < 4.78 is 37.0. The number of aromatic amines is 1. The summed E-state index contributed by atoms with van der Waals surface area (Å²) in [5, 5.41) is 6.55. The number of carbonyl (C=O) groups excluding carboxylic acids is 1. The topological polar surface area (TPSA) is 77.2 Å². The van der Waals surface area contributed by atoms with Gasteiger partial charge in [-0.3, -0.25) is 9.80 Å². The molecule has 10 heteroatoms. The van der Waals surface area contributed by atoms with E-state index in [0.717, 1.165) is 5.39 Å². The Morgan fingerprint density at radius 2 is 2.24 bits per heavy atom. The number of aromatic nitrogens is 3. The highest BCUT2D eigenvalue weighted by molar-refractivity contribution is 5.87. The maximum Gasteiger partial charge on any atom is 0.405 e. The van der Waals surface area contributed by atoms with Crippen LogP contribution in [0.5, 0.6) is 0 Å². The SMILES string of the molecule is CN(c1ncnc2[nH]ccc12)N1CCC(C)(C(=O)NCC(F)(F)F)C1. The first-order valence-electron chi connectivity index (χ1n) is 7.81. The molecule has 0 aliphatic carbocycles. The number of alkyl halides is 3. The molecule has 1 aliphatic rings. The van der Waals surface area contributed by atoms with Crippen molar-refractivity contribution in [2.24, 2.45) is 5.41 Å². The van der Waals surface area contributed by atoms with E-state index in [2.05, 4.69) is 15.0 Å². The second kappa shape index (κ2) is 6.17. The Kier molecular flexibility index (Phi) is 4.31. The Bertz CT molecular complexity index is 776. The second-order valence-corrected chi connectivity index (χ2v) is 6.46. The van der Waals surface area contributed by atoms with Gasteiger partial charge in [-0.05, 0) is 19.4 Å². The summed E-state index contributed by atoms with van der Waals surface area (Å²) >= 11 is 0. The van der Waals surface area contributed by atoms with Crippen molar-refractivity contribution in [3.8, 4) is 0 Å². The Morgan fingerprint density at radius 1 is 1.48 bits per heavy atom. The zero-order chi connectivity index (χ0) is 18.2. The molecule has 1 fully saturated rings. The number of H-pyrrole nitrogens is 1. The predicted octanol–water partition coefficient (Wildman–Crippen LogP) is 1.70. The number of hydrazine groups is 1. The third-order valence-corrected chi connectivity index (χ3v) is 4.51. The minimum absolute atomic E-state index is 0.309. The zero-order valence-electron chi connectivity index (χ0n) is 13.9. The van der Waals surface area contributed by atoms with Gasteiger partial charge >= 0.3 is 6.18 Å². The Morgan fingerprint density at radius 3 is 2.96 bits per heavy atom.